The number of ketones is 2. The Morgan fingerprint density at radius 3 is 2.36 bits per heavy atom. The highest BCUT2D eigenvalue weighted by Crippen LogP contribution is 2.51. The van der Waals surface area contributed by atoms with Crippen LogP contribution < -0.4 is 5.73 Å². The van der Waals surface area contributed by atoms with Crippen molar-refractivity contribution < 1.29 is 29.7 Å². The zero-order valence-corrected chi connectivity index (χ0v) is 25.7. The van der Waals surface area contributed by atoms with E-state index < -0.39 is 52.6 Å². The van der Waals surface area contributed by atoms with E-state index >= 15 is 0 Å². The number of likely N-dealkylation sites (N-methyl/N-ethyl adjacent to an activating group) is 1. The van der Waals surface area contributed by atoms with Gasteiger partial charge in [0, 0.05) is 25.2 Å². The molecule has 1 amide bonds. The number of carbonyl (C=O) groups is 3. The molecule has 0 bridgehead atoms. The number of hydrogen-bond donors (Lipinski definition) is 4. The first kappa shape index (κ1) is 30.1. The molecule has 1 aliphatic heterocycles. The Labute approximate surface area is 257 Å². The predicted molar refractivity (Wildman–Crippen MR) is 166 cm³/mol. The number of allylic oxidation sites excluding steroid dienone is 1. The van der Waals surface area contributed by atoms with Gasteiger partial charge in [0.25, 0.3) is 5.91 Å². The summed E-state index contributed by atoms with van der Waals surface area (Å²) in [6.45, 7) is 7.55. The second kappa shape index (κ2) is 11.2. The number of likely N-dealkylation sites (tertiary alicyclic amines) is 1. The van der Waals surface area contributed by atoms with Crippen molar-refractivity contribution in [2.75, 3.05) is 27.2 Å². The Bertz CT molecular complexity index is 1610. The monoisotopic (exact) mass is 599 g/mol. The number of aromatic hydroxyl groups is 1. The van der Waals surface area contributed by atoms with E-state index in [2.05, 4.69) is 30.9 Å². The number of aliphatic hydroxyl groups is 2. The molecule has 1 heterocycles. The molecule has 0 aromatic heterocycles. The van der Waals surface area contributed by atoms with Gasteiger partial charge in [0.05, 0.1) is 17.5 Å². The summed E-state index contributed by atoms with van der Waals surface area (Å²) in [6, 6.07) is 10.9. The van der Waals surface area contributed by atoms with E-state index in [4.69, 9.17) is 5.73 Å². The maximum atomic E-state index is 14.0. The van der Waals surface area contributed by atoms with Crippen molar-refractivity contribution in [3.63, 3.8) is 0 Å². The summed E-state index contributed by atoms with van der Waals surface area (Å²) in [5.74, 6) is -4.42. The first-order chi connectivity index (χ1) is 20.9. The first-order valence-corrected chi connectivity index (χ1v) is 15.4. The minimum atomic E-state index is -1.27. The zero-order chi connectivity index (χ0) is 31.6. The maximum Gasteiger partial charge on any atom is 0.255 e. The third-order valence-corrected chi connectivity index (χ3v) is 10.0. The fourth-order valence-corrected chi connectivity index (χ4v) is 8.55. The van der Waals surface area contributed by atoms with Gasteiger partial charge in [-0.1, -0.05) is 38.1 Å². The number of amides is 1. The molecule has 0 spiro atoms. The first-order valence-electron chi connectivity index (χ1n) is 15.4. The Morgan fingerprint density at radius 2 is 1.70 bits per heavy atom. The standard InChI is InChI=1S/C35H41N3O6/c1-17-10-18(2)15-38(14-17)16-19-6-5-7-20(11-19)22-8-9-25(39)27-23(22)12-21-13-24-28(32(41)26(21)31(27)40)33(42)29(35(36)44)34(43)30(24)37(3)4/h5-9,11,17-18,21,24,28,30,39-40,43H,10,12-16H2,1-4H3,(H2,36,44)/t17?,18?,21?,24?,28?,30-/m0/s1. The Kier molecular flexibility index (Phi) is 7.66. The normalized spacial score (nSPS) is 29.0. The van der Waals surface area contributed by atoms with E-state index in [9.17, 15) is 29.7 Å². The molecule has 1 saturated heterocycles. The minimum absolute atomic E-state index is 0.0874. The van der Waals surface area contributed by atoms with E-state index in [0.29, 0.717) is 24.7 Å². The lowest BCUT2D eigenvalue weighted by Gasteiger charge is -2.46. The number of phenols is 1. The van der Waals surface area contributed by atoms with Crippen molar-refractivity contribution in [1.29, 1.82) is 0 Å². The second-order valence-corrected chi connectivity index (χ2v) is 13.6. The highest BCUT2D eigenvalue weighted by Gasteiger charge is 2.55. The largest absolute Gasteiger partial charge is 0.510 e. The van der Waals surface area contributed by atoms with Crippen molar-refractivity contribution in [3.8, 4) is 16.9 Å². The number of primary amides is 1. The Hall–Kier alpha value is -3.95. The highest BCUT2D eigenvalue weighted by atomic mass is 16.3. The average Bonchev–Trinajstić information content (AvgIpc) is 2.92. The van der Waals surface area contributed by atoms with E-state index in [0.717, 1.165) is 36.3 Å². The number of benzene rings is 2. The maximum absolute atomic E-state index is 14.0. The Morgan fingerprint density at radius 1 is 1.00 bits per heavy atom. The molecular formula is C35H41N3O6. The van der Waals surface area contributed by atoms with Crippen LogP contribution in [-0.4, -0.2) is 75.8 Å². The van der Waals surface area contributed by atoms with Crippen LogP contribution in [-0.2, 0) is 27.3 Å². The fourth-order valence-electron chi connectivity index (χ4n) is 8.55. The lowest BCUT2D eigenvalue weighted by Crippen LogP contribution is -2.55. The van der Waals surface area contributed by atoms with Gasteiger partial charge in [-0.15, -0.1) is 0 Å². The number of Topliss-reactive ketones (excluding diaryl/α,β-unsaturated/α-hetero) is 2. The van der Waals surface area contributed by atoms with E-state index in [1.54, 1.807) is 19.0 Å². The van der Waals surface area contributed by atoms with Crippen LogP contribution in [0.2, 0.25) is 0 Å². The number of nitrogens with zero attached hydrogens (tertiary/aromatic N) is 2. The number of fused-ring (bicyclic) bond motifs is 3. The van der Waals surface area contributed by atoms with Gasteiger partial charge in [0.1, 0.15) is 22.8 Å². The van der Waals surface area contributed by atoms with Gasteiger partial charge in [-0.25, -0.2) is 0 Å². The molecule has 6 rings (SSSR count). The van der Waals surface area contributed by atoms with Gasteiger partial charge in [0.2, 0.25) is 0 Å². The van der Waals surface area contributed by atoms with Crippen molar-refractivity contribution in [2.45, 2.75) is 45.7 Å². The quantitative estimate of drug-likeness (QED) is 0.298. The van der Waals surface area contributed by atoms with Gasteiger partial charge in [-0.3, -0.25) is 24.2 Å². The van der Waals surface area contributed by atoms with E-state index in [1.807, 2.05) is 18.2 Å². The third kappa shape index (κ3) is 4.92. The highest BCUT2D eigenvalue weighted by molar-refractivity contribution is 6.28. The summed E-state index contributed by atoms with van der Waals surface area (Å²) in [4.78, 5) is 43.8. The number of rotatable bonds is 5. The molecule has 6 atom stereocenters. The third-order valence-electron chi connectivity index (χ3n) is 10.0. The fraction of sp³-hybridized carbons (Fsp3) is 0.457. The van der Waals surface area contributed by atoms with E-state index in [1.165, 1.54) is 18.1 Å². The van der Waals surface area contributed by atoms with Gasteiger partial charge in [-0.2, -0.15) is 0 Å². The van der Waals surface area contributed by atoms with Gasteiger partial charge in [0.15, 0.2) is 11.6 Å². The molecule has 0 radical (unpaired) electrons. The number of aliphatic hydroxyl groups excluding tert-OH is 2. The molecule has 2 aromatic carbocycles. The van der Waals surface area contributed by atoms with Crippen LogP contribution in [0.25, 0.3) is 16.9 Å². The molecule has 4 aliphatic rings. The summed E-state index contributed by atoms with van der Waals surface area (Å²) in [5, 5.41) is 33.5. The van der Waals surface area contributed by atoms with Crippen LogP contribution in [0.5, 0.6) is 5.75 Å². The van der Waals surface area contributed by atoms with Gasteiger partial charge >= 0.3 is 0 Å². The van der Waals surface area contributed by atoms with Crippen molar-refractivity contribution in [2.24, 2.45) is 35.3 Å². The lowest BCUT2D eigenvalue weighted by molar-refractivity contribution is -0.136. The molecule has 44 heavy (non-hydrogen) atoms. The van der Waals surface area contributed by atoms with Crippen LogP contribution in [0, 0.1) is 29.6 Å². The smallest absolute Gasteiger partial charge is 0.255 e. The predicted octanol–water partition coefficient (Wildman–Crippen LogP) is 3.99. The molecule has 1 saturated carbocycles. The van der Waals surface area contributed by atoms with Crippen molar-refractivity contribution >= 4 is 23.2 Å². The molecule has 9 heteroatoms. The summed E-state index contributed by atoms with van der Waals surface area (Å²) in [7, 11) is 3.42. The molecule has 5 N–H and O–H groups in total. The number of carbonyl (C=O) groups excluding carboxylic acids is 3. The summed E-state index contributed by atoms with van der Waals surface area (Å²) in [6.07, 6.45) is 1.92. The number of phenolic OH excluding ortho intramolecular Hbond substituents is 1. The van der Waals surface area contributed by atoms with Crippen LogP contribution in [0.4, 0.5) is 0 Å². The molecule has 2 fully saturated rings. The van der Waals surface area contributed by atoms with Gasteiger partial charge in [-0.05, 0) is 91.4 Å². The zero-order valence-electron chi connectivity index (χ0n) is 25.7. The Balaban J connectivity index is 1.40. The molecule has 232 valence electrons. The molecule has 3 aliphatic carbocycles. The summed E-state index contributed by atoms with van der Waals surface area (Å²) in [5.41, 5.74) is 8.92. The number of piperidine rings is 1. The van der Waals surface area contributed by atoms with Crippen molar-refractivity contribution in [1.82, 2.24) is 9.80 Å². The summed E-state index contributed by atoms with van der Waals surface area (Å²) >= 11 is 0. The number of nitrogens with two attached hydrogens (primary N) is 1. The lowest BCUT2D eigenvalue weighted by atomic mass is 9.59. The molecular weight excluding hydrogens is 558 g/mol. The van der Waals surface area contributed by atoms with Crippen LogP contribution in [0.15, 0.2) is 53.3 Å². The van der Waals surface area contributed by atoms with Crippen molar-refractivity contribution in [3.05, 3.63) is 70.0 Å². The minimum Gasteiger partial charge on any atom is -0.510 e. The van der Waals surface area contributed by atoms with Crippen LogP contribution in [0.1, 0.15) is 43.4 Å². The molecule has 9 nitrogen and oxygen atoms in total. The van der Waals surface area contributed by atoms with Crippen LogP contribution >= 0.6 is 0 Å². The van der Waals surface area contributed by atoms with Gasteiger partial charge < -0.3 is 21.1 Å². The SMILES string of the molecule is CC1CC(C)CN(Cc2cccc(-c3ccc(O)c4c3CC3CC5C(C(=O)C(C(N)=O)=C(O)[C@H]5N(C)C)C(=O)C3=C4O)c2)C1. The van der Waals surface area contributed by atoms with Crippen LogP contribution in [0.3, 0.4) is 0 Å². The number of hydrogen-bond acceptors (Lipinski definition) is 8. The summed E-state index contributed by atoms with van der Waals surface area (Å²) < 4.78 is 0. The topological polar surface area (TPSA) is 144 Å². The second-order valence-electron chi connectivity index (χ2n) is 13.6. The van der Waals surface area contributed by atoms with E-state index in [-0.39, 0.29) is 22.6 Å². The molecule has 5 unspecified atom stereocenters. The molecule has 2 aromatic rings. The average molecular weight is 600 g/mol.